The number of nitrogens with zero attached hydrogens (tertiary/aromatic N) is 2. The Kier molecular flexibility index (Phi) is 4.19. The number of nitrogens with one attached hydrogen (secondary N) is 1. The van der Waals surface area contributed by atoms with E-state index in [0.29, 0.717) is 5.02 Å². The van der Waals surface area contributed by atoms with Crippen LogP contribution < -0.4 is 5.32 Å². The van der Waals surface area contributed by atoms with E-state index in [9.17, 15) is 5.11 Å². The van der Waals surface area contributed by atoms with E-state index in [4.69, 9.17) is 16.7 Å². The fourth-order valence-corrected chi connectivity index (χ4v) is 1.68. The van der Waals surface area contributed by atoms with Gasteiger partial charge >= 0.3 is 0 Å². The van der Waals surface area contributed by atoms with E-state index in [1.807, 2.05) is 24.3 Å². The molecule has 0 amide bonds. The number of anilines is 1. The molecular weight excluding hydrogens is 254 g/mol. The number of rotatable bonds is 5. The summed E-state index contributed by atoms with van der Waals surface area (Å²) in [6.45, 7) is -0.00865. The van der Waals surface area contributed by atoms with Gasteiger partial charge in [-0.1, -0.05) is 23.7 Å². The lowest BCUT2D eigenvalue weighted by molar-refractivity contribution is 0.105. The molecule has 3 N–H and O–H groups in total. The number of benzene rings is 1. The zero-order valence-corrected chi connectivity index (χ0v) is 10.4. The molecule has 1 aromatic carbocycles. The highest BCUT2D eigenvalue weighted by Gasteiger charge is 2.07. The maximum Gasteiger partial charge on any atom is 0.0942 e. The van der Waals surface area contributed by atoms with Gasteiger partial charge in [0.05, 0.1) is 35.3 Å². The number of aliphatic hydroxyl groups is 2. The van der Waals surface area contributed by atoms with Crippen LogP contribution >= 0.6 is 11.6 Å². The number of aliphatic hydroxyl groups excluding tert-OH is 2. The molecule has 0 fully saturated rings. The lowest BCUT2D eigenvalue weighted by Gasteiger charge is -2.13. The molecule has 96 valence electrons. The zero-order chi connectivity index (χ0) is 13.0. The maximum absolute atomic E-state index is 9.33. The molecule has 0 aliphatic heterocycles. The van der Waals surface area contributed by atoms with Gasteiger partial charge in [0.1, 0.15) is 0 Å². The molecule has 1 heterocycles. The van der Waals surface area contributed by atoms with Crippen molar-refractivity contribution in [2.24, 2.45) is 0 Å². The fraction of sp³-hybridized carbons (Fsp3) is 0.250. The summed E-state index contributed by atoms with van der Waals surface area (Å²) in [5.41, 5.74) is 1.64. The van der Waals surface area contributed by atoms with E-state index in [0.717, 1.165) is 11.4 Å². The van der Waals surface area contributed by atoms with Gasteiger partial charge in [-0.05, 0) is 12.1 Å². The van der Waals surface area contributed by atoms with Crippen molar-refractivity contribution in [1.29, 1.82) is 0 Å². The lowest BCUT2D eigenvalue weighted by atomic mass is 10.2. The third-order valence-corrected chi connectivity index (χ3v) is 2.64. The van der Waals surface area contributed by atoms with Crippen LogP contribution in [0.15, 0.2) is 36.7 Å². The monoisotopic (exact) mass is 267 g/mol. The summed E-state index contributed by atoms with van der Waals surface area (Å²) in [5, 5.41) is 25.8. The Labute approximate surface area is 110 Å². The van der Waals surface area contributed by atoms with Crippen LogP contribution in [0.1, 0.15) is 0 Å². The first-order chi connectivity index (χ1) is 8.70. The molecule has 0 spiro atoms. The van der Waals surface area contributed by atoms with E-state index in [1.54, 1.807) is 17.1 Å². The molecule has 0 radical (unpaired) electrons. The first kappa shape index (κ1) is 12.9. The highest BCUT2D eigenvalue weighted by Crippen LogP contribution is 2.20. The van der Waals surface area contributed by atoms with Crippen LogP contribution in [0.3, 0.4) is 0 Å². The average molecular weight is 268 g/mol. The molecule has 5 nitrogen and oxygen atoms in total. The second-order valence-electron chi connectivity index (χ2n) is 3.84. The molecule has 1 unspecified atom stereocenters. The minimum absolute atomic E-state index is 0.266. The smallest absolute Gasteiger partial charge is 0.0942 e. The lowest BCUT2D eigenvalue weighted by Crippen LogP contribution is -2.23. The minimum Gasteiger partial charge on any atom is -0.394 e. The molecule has 2 aromatic rings. The zero-order valence-electron chi connectivity index (χ0n) is 9.62. The molecule has 18 heavy (non-hydrogen) atoms. The van der Waals surface area contributed by atoms with Crippen LogP contribution in [0.5, 0.6) is 0 Å². The van der Waals surface area contributed by atoms with Gasteiger partial charge in [-0.3, -0.25) is 0 Å². The largest absolute Gasteiger partial charge is 0.394 e. The van der Waals surface area contributed by atoms with Gasteiger partial charge in [0.15, 0.2) is 0 Å². The Morgan fingerprint density at radius 2 is 2.17 bits per heavy atom. The van der Waals surface area contributed by atoms with Crippen molar-refractivity contribution in [2.75, 3.05) is 18.5 Å². The molecule has 0 saturated carbocycles. The highest BCUT2D eigenvalue weighted by atomic mass is 35.5. The highest BCUT2D eigenvalue weighted by molar-refractivity contribution is 6.30. The first-order valence-electron chi connectivity index (χ1n) is 5.53. The minimum atomic E-state index is -0.792. The van der Waals surface area contributed by atoms with E-state index in [1.165, 1.54) is 0 Å². The van der Waals surface area contributed by atoms with Crippen molar-refractivity contribution in [3.05, 3.63) is 41.7 Å². The van der Waals surface area contributed by atoms with Crippen molar-refractivity contribution in [3.8, 4) is 5.69 Å². The molecular formula is C12H14ClN3O2. The third-order valence-electron chi connectivity index (χ3n) is 2.44. The Balaban J connectivity index is 2.20. The number of hydrogen-bond acceptors (Lipinski definition) is 4. The van der Waals surface area contributed by atoms with Gasteiger partial charge < -0.3 is 15.5 Å². The van der Waals surface area contributed by atoms with E-state index < -0.39 is 6.10 Å². The fourth-order valence-electron chi connectivity index (χ4n) is 1.55. The molecule has 1 aromatic heterocycles. The number of halogens is 1. The molecule has 2 rings (SSSR count). The second-order valence-corrected chi connectivity index (χ2v) is 4.27. The van der Waals surface area contributed by atoms with Gasteiger partial charge in [-0.2, -0.15) is 5.10 Å². The van der Waals surface area contributed by atoms with Crippen LogP contribution in [0, 0.1) is 0 Å². The Morgan fingerprint density at radius 3 is 2.83 bits per heavy atom. The molecule has 0 aliphatic rings. The van der Waals surface area contributed by atoms with Crippen LogP contribution in [-0.2, 0) is 0 Å². The summed E-state index contributed by atoms with van der Waals surface area (Å²) in [7, 11) is 0. The maximum atomic E-state index is 9.33. The van der Waals surface area contributed by atoms with Crippen molar-refractivity contribution in [2.45, 2.75) is 6.10 Å². The topological polar surface area (TPSA) is 70.3 Å². The SMILES string of the molecule is OCC(O)CNc1ccccc1-n1cc(Cl)cn1. The Bertz CT molecular complexity index is 516. The standard InChI is InChI=1S/C12H14ClN3O2/c13-9-5-15-16(7-9)12-4-2-1-3-11(12)14-6-10(18)8-17/h1-5,7,10,14,17-18H,6,8H2. The van der Waals surface area contributed by atoms with Crippen LogP contribution in [0.2, 0.25) is 5.02 Å². The summed E-state index contributed by atoms with van der Waals surface area (Å²) in [6, 6.07) is 7.52. The molecule has 6 heteroatoms. The van der Waals surface area contributed by atoms with Crippen molar-refractivity contribution >= 4 is 17.3 Å². The van der Waals surface area contributed by atoms with Crippen LogP contribution in [-0.4, -0.2) is 39.2 Å². The number of hydrogen-bond donors (Lipinski definition) is 3. The molecule has 0 bridgehead atoms. The van der Waals surface area contributed by atoms with Gasteiger partial charge in [0, 0.05) is 12.7 Å². The van der Waals surface area contributed by atoms with E-state index in [-0.39, 0.29) is 13.2 Å². The predicted octanol–water partition coefficient (Wildman–Crippen LogP) is 1.29. The summed E-state index contributed by atoms with van der Waals surface area (Å²) in [6.07, 6.45) is 2.46. The third kappa shape index (κ3) is 3.01. The predicted molar refractivity (Wildman–Crippen MR) is 70.2 cm³/mol. The van der Waals surface area contributed by atoms with Gasteiger partial charge in [0.25, 0.3) is 0 Å². The summed E-state index contributed by atoms with van der Waals surface area (Å²) in [5.74, 6) is 0. The molecule has 0 saturated heterocycles. The summed E-state index contributed by atoms with van der Waals surface area (Å²) < 4.78 is 1.65. The molecule has 0 aliphatic carbocycles. The van der Waals surface area contributed by atoms with Crippen molar-refractivity contribution < 1.29 is 10.2 Å². The Hall–Kier alpha value is -1.56. The number of para-hydroxylation sites is 2. The summed E-state index contributed by atoms with van der Waals surface area (Å²) in [4.78, 5) is 0. The summed E-state index contributed by atoms with van der Waals surface area (Å²) >= 11 is 5.84. The van der Waals surface area contributed by atoms with Crippen LogP contribution in [0.25, 0.3) is 5.69 Å². The normalized spacial score (nSPS) is 12.4. The van der Waals surface area contributed by atoms with Gasteiger partial charge in [-0.25, -0.2) is 4.68 Å². The van der Waals surface area contributed by atoms with E-state index >= 15 is 0 Å². The van der Waals surface area contributed by atoms with Crippen LogP contribution in [0.4, 0.5) is 5.69 Å². The molecule has 1 atom stereocenters. The second kappa shape index (κ2) is 5.86. The van der Waals surface area contributed by atoms with E-state index in [2.05, 4.69) is 10.4 Å². The average Bonchev–Trinajstić information content (AvgIpc) is 2.83. The first-order valence-corrected chi connectivity index (χ1v) is 5.91. The van der Waals surface area contributed by atoms with Gasteiger partial charge in [0.2, 0.25) is 0 Å². The Morgan fingerprint density at radius 1 is 1.39 bits per heavy atom. The number of aromatic nitrogens is 2. The van der Waals surface area contributed by atoms with Crippen molar-refractivity contribution in [3.63, 3.8) is 0 Å². The van der Waals surface area contributed by atoms with Gasteiger partial charge in [-0.15, -0.1) is 0 Å². The van der Waals surface area contributed by atoms with Crippen molar-refractivity contribution in [1.82, 2.24) is 9.78 Å². The quantitative estimate of drug-likeness (QED) is 0.764.